The molecule has 1 aromatic heterocycles. The van der Waals surface area contributed by atoms with Gasteiger partial charge in [0.1, 0.15) is 17.6 Å². The number of aliphatic carboxylic acids is 2. The third-order valence-electron chi connectivity index (χ3n) is 5.43. The number of amides is 2. The summed E-state index contributed by atoms with van der Waals surface area (Å²) >= 11 is 0.199. The molecule has 15 heteroatoms. The number of β-lactam (4-membered cyclic amide) rings is 1. The minimum Gasteiger partial charge on any atom is -0.543 e. The number of aromatic nitrogens is 4. The zero-order valence-electron chi connectivity index (χ0n) is 18.2. The van der Waals surface area contributed by atoms with Gasteiger partial charge in [0.05, 0.1) is 24.5 Å². The predicted octanol–water partition coefficient (Wildman–Crippen LogP) is -2.22. The number of rotatable bonds is 10. The summed E-state index contributed by atoms with van der Waals surface area (Å²) in [7, 11) is 0. The van der Waals surface area contributed by atoms with Crippen molar-refractivity contribution < 1.29 is 29.4 Å². The van der Waals surface area contributed by atoms with Crippen LogP contribution < -0.4 is 15.6 Å². The fraction of sp³-hybridized carbons (Fsp3) is 0.350. The molecule has 2 atom stereocenters. The van der Waals surface area contributed by atoms with Crippen LogP contribution in [0.25, 0.3) is 0 Å². The monoisotopic (exact) mass is 519 g/mol. The minimum absolute atomic E-state index is 0.0647. The maximum Gasteiger partial charge on any atom is 0.325 e. The first-order chi connectivity index (χ1) is 16.8. The first kappa shape index (κ1) is 24.7. The summed E-state index contributed by atoms with van der Waals surface area (Å²) in [5.74, 6) is -2.99. The van der Waals surface area contributed by atoms with E-state index in [4.69, 9.17) is 10.8 Å². The van der Waals surface area contributed by atoms with E-state index in [2.05, 4.69) is 20.2 Å². The van der Waals surface area contributed by atoms with E-state index >= 15 is 0 Å². The van der Waals surface area contributed by atoms with Gasteiger partial charge >= 0.3 is 5.97 Å². The van der Waals surface area contributed by atoms with Crippen LogP contribution in [0.15, 0.2) is 40.7 Å². The van der Waals surface area contributed by atoms with Crippen molar-refractivity contribution in [2.45, 2.75) is 36.5 Å². The Labute approximate surface area is 206 Å². The number of benzene rings is 1. The molecule has 1 fully saturated rings. The molecule has 184 valence electrons. The molecular formula is C20H21N7O6S2. The number of hydrogen-bond acceptors (Lipinski definition) is 10. The molecule has 0 radical (unpaired) electrons. The van der Waals surface area contributed by atoms with Crippen molar-refractivity contribution in [1.82, 2.24) is 29.8 Å². The highest BCUT2D eigenvalue weighted by Crippen LogP contribution is 2.37. The van der Waals surface area contributed by atoms with Crippen molar-refractivity contribution in [2.24, 2.45) is 5.73 Å². The second-order valence-corrected chi connectivity index (χ2v) is 10.5. The molecule has 0 bridgehead atoms. The van der Waals surface area contributed by atoms with E-state index in [1.165, 1.54) is 4.90 Å². The SMILES string of the molecule is NCc1ccccc1CC(=O)N[S+]1CC(CSc2nnnn2CC(=O)O)=C(C(=O)[O-])N2C(=O)C[C@H]21. The van der Waals surface area contributed by atoms with E-state index in [0.29, 0.717) is 12.1 Å². The quantitative estimate of drug-likeness (QED) is 0.175. The number of carboxylic acid groups (broad SMARTS) is 2. The van der Waals surface area contributed by atoms with Gasteiger partial charge in [0.25, 0.3) is 5.91 Å². The number of carboxylic acids is 2. The van der Waals surface area contributed by atoms with Gasteiger partial charge in [-0.25, -0.2) is 4.68 Å². The number of fused-ring (bicyclic) bond motifs is 1. The van der Waals surface area contributed by atoms with Gasteiger partial charge < -0.3 is 20.7 Å². The molecule has 0 saturated carbocycles. The Kier molecular flexibility index (Phi) is 7.37. The van der Waals surface area contributed by atoms with Gasteiger partial charge in [-0.1, -0.05) is 36.0 Å². The Morgan fingerprint density at radius 2 is 2.03 bits per heavy atom. The Hall–Kier alpha value is -3.43. The van der Waals surface area contributed by atoms with Gasteiger partial charge in [-0.15, -0.1) is 5.10 Å². The van der Waals surface area contributed by atoms with E-state index in [0.717, 1.165) is 27.6 Å². The number of nitrogens with one attached hydrogen (secondary N) is 1. The second-order valence-electron chi connectivity index (χ2n) is 7.71. The smallest absolute Gasteiger partial charge is 0.325 e. The minimum atomic E-state index is -1.49. The molecule has 2 amide bonds. The maximum atomic E-state index is 12.8. The van der Waals surface area contributed by atoms with Gasteiger partial charge in [-0.3, -0.25) is 19.3 Å². The van der Waals surface area contributed by atoms with Crippen molar-refractivity contribution in [3.63, 3.8) is 0 Å². The Morgan fingerprint density at radius 3 is 2.69 bits per heavy atom. The molecule has 4 N–H and O–H groups in total. The van der Waals surface area contributed by atoms with Crippen LogP contribution >= 0.6 is 11.8 Å². The van der Waals surface area contributed by atoms with Crippen LogP contribution in [-0.2, 0) is 49.8 Å². The Balaban J connectivity index is 1.52. The Bertz CT molecular complexity index is 1220. The third-order valence-corrected chi connectivity index (χ3v) is 8.65. The Morgan fingerprint density at radius 1 is 1.29 bits per heavy atom. The predicted molar refractivity (Wildman–Crippen MR) is 122 cm³/mol. The first-order valence-electron chi connectivity index (χ1n) is 10.4. The molecule has 2 aliphatic rings. The van der Waals surface area contributed by atoms with Crippen molar-refractivity contribution >= 4 is 46.6 Å². The molecule has 2 aromatic rings. The molecule has 35 heavy (non-hydrogen) atoms. The summed E-state index contributed by atoms with van der Waals surface area (Å²) in [4.78, 5) is 49.2. The average molecular weight is 520 g/mol. The van der Waals surface area contributed by atoms with Crippen LogP contribution in [0, 0.1) is 0 Å². The van der Waals surface area contributed by atoms with Gasteiger partial charge in [-0.2, -0.15) is 4.72 Å². The zero-order chi connectivity index (χ0) is 25.1. The zero-order valence-corrected chi connectivity index (χ0v) is 19.9. The van der Waals surface area contributed by atoms with Gasteiger partial charge in [0.15, 0.2) is 5.75 Å². The van der Waals surface area contributed by atoms with E-state index in [1.807, 2.05) is 24.3 Å². The van der Waals surface area contributed by atoms with Crippen molar-refractivity contribution in [1.29, 1.82) is 0 Å². The van der Waals surface area contributed by atoms with E-state index in [1.54, 1.807) is 0 Å². The van der Waals surface area contributed by atoms with E-state index in [9.17, 15) is 24.3 Å². The molecule has 1 aromatic carbocycles. The molecular weight excluding hydrogens is 498 g/mol. The lowest BCUT2D eigenvalue weighted by Gasteiger charge is -2.43. The summed E-state index contributed by atoms with van der Waals surface area (Å²) in [5, 5.41) is 31.5. The molecule has 2 aliphatic heterocycles. The molecule has 3 heterocycles. The number of hydrogen-bond donors (Lipinski definition) is 3. The lowest BCUT2D eigenvalue weighted by atomic mass is 10.0. The van der Waals surface area contributed by atoms with Crippen LogP contribution in [0.2, 0.25) is 0 Å². The van der Waals surface area contributed by atoms with Crippen molar-refractivity contribution in [2.75, 3.05) is 11.5 Å². The van der Waals surface area contributed by atoms with Crippen molar-refractivity contribution in [3.8, 4) is 0 Å². The van der Waals surface area contributed by atoms with Crippen LogP contribution in [0.5, 0.6) is 0 Å². The topological polar surface area (TPSA) is 196 Å². The molecule has 0 aliphatic carbocycles. The highest BCUT2D eigenvalue weighted by Gasteiger charge is 2.55. The summed E-state index contributed by atoms with van der Waals surface area (Å²) in [6.07, 6.45) is 0.222. The number of thioether (sulfide) groups is 1. The third kappa shape index (κ3) is 5.31. The number of nitrogens with zero attached hydrogens (tertiary/aromatic N) is 5. The highest BCUT2D eigenvalue weighted by atomic mass is 32.2. The lowest BCUT2D eigenvalue weighted by molar-refractivity contribution is -0.301. The van der Waals surface area contributed by atoms with Crippen molar-refractivity contribution in [3.05, 3.63) is 46.7 Å². The summed E-state index contributed by atoms with van der Waals surface area (Å²) in [5.41, 5.74) is 7.55. The maximum absolute atomic E-state index is 12.8. The molecule has 0 spiro atoms. The largest absolute Gasteiger partial charge is 0.543 e. The second kappa shape index (κ2) is 10.5. The molecule has 1 unspecified atom stereocenters. The van der Waals surface area contributed by atoms with Crippen LogP contribution in [0.1, 0.15) is 17.5 Å². The average Bonchev–Trinajstić information content (AvgIpc) is 3.24. The summed E-state index contributed by atoms with van der Waals surface area (Å²) in [6, 6.07) is 7.33. The number of tetrazole rings is 1. The number of carbonyl (C=O) groups is 4. The summed E-state index contributed by atoms with van der Waals surface area (Å²) in [6.45, 7) is -0.167. The molecule has 1 saturated heterocycles. The molecule has 13 nitrogen and oxygen atoms in total. The highest BCUT2D eigenvalue weighted by molar-refractivity contribution is 7.99. The fourth-order valence-corrected chi connectivity index (χ4v) is 7.04. The first-order valence-corrected chi connectivity index (χ1v) is 12.8. The number of nitrogens with two attached hydrogens (primary N) is 1. The van der Waals surface area contributed by atoms with Crippen LogP contribution in [0.4, 0.5) is 0 Å². The van der Waals surface area contributed by atoms with E-state index < -0.39 is 34.9 Å². The van der Waals surface area contributed by atoms with Crippen LogP contribution in [0.3, 0.4) is 0 Å². The van der Waals surface area contributed by atoms with Gasteiger partial charge in [0.2, 0.25) is 16.4 Å². The lowest BCUT2D eigenvalue weighted by Crippen LogP contribution is -2.64. The normalized spacial score (nSPS) is 19.2. The fourth-order valence-electron chi connectivity index (χ4n) is 3.83. The van der Waals surface area contributed by atoms with E-state index in [-0.39, 0.29) is 47.0 Å². The summed E-state index contributed by atoms with van der Waals surface area (Å²) < 4.78 is 4.04. The standard InChI is InChI=1S/C20H21N7O6S2/c21-7-12-4-2-1-3-11(12)5-14(28)23-35-10-13(18(19(32)33)27-15(29)6-16(27)35)9-34-20-22-24-25-26(20)8-17(30)31/h1-4,16H,5-10,21H2,(H2-,23,28,30,31,32,33)/t16-,35?/m1/s1. The van der Waals surface area contributed by atoms with Gasteiger partial charge in [0, 0.05) is 17.9 Å². The van der Waals surface area contributed by atoms with Crippen LogP contribution in [-0.4, -0.2) is 70.8 Å². The van der Waals surface area contributed by atoms with Gasteiger partial charge in [-0.05, 0) is 21.6 Å². The number of carbonyl (C=O) groups excluding carboxylic acids is 3. The molecule has 4 rings (SSSR count).